The van der Waals surface area contributed by atoms with Gasteiger partial charge in [0.25, 0.3) is 0 Å². The van der Waals surface area contributed by atoms with Crippen molar-refractivity contribution < 1.29 is 13.2 Å². The average Bonchev–Trinajstić information content (AvgIpc) is 2.66. The summed E-state index contributed by atoms with van der Waals surface area (Å²) in [7, 11) is -3.65. The molecule has 0 fully saturated rings. The van der Waals surface area contributed by atoms with E-state index in [1.54, 1.807) is 24.3 Å². The summed E-state index contributed by atoms with van der Waals surface area (Å²) in [6.45, 7) is 0.275. The number of rotatable bonds is 9. The summed E-state index contributed by atoms with van der Waals surface area (Å²) < 4.78 is 26.6. The Labute approximate surface area is 168 Å². The number of nitrogens with zero attached hydrogens (tertiary/aromatic N) is 1. The SMILES string of the molecule is N#Cc1ccc(CSCC(=O)NCCNS(=O)(=O)c2cccc(Cl)c2)cc1. The smallest absolute Gasteiger partial charge is 0.240 e. The molecule has 9 heteroatoms. The zero-order valence-electron chi connectivity index (χ0n) is 14.3. The predicted octanol–water partition coefficient (Wildman–Crippen LogP) is 2.54. The van der Waals surface area contributed by atoms with Crippen LogP contribution in [-0.2, 0) is 20.6 Å². The molecule has 0 aliphatic rings. The van der Waals surface area contributed by atoms with Gasteiger partial charge in [0.05, 0.1) is 22.3 Å². The predicted molar refractivity (Wildman–Crippen MR) is 107 cm³/mol. The van der Waals surface area contributed by atoms with E-state index in [4.69, 9.17) is 16.9 Å². The molecule has 2 N–H and O–H groups in total. The van der Waals surface area contributed by atoms with Gasteiger partial charge in [0.1, 0.15) is 0 Å². The van der Waals surface area contributed by atoms with Gasteiger partial charge in [0.2, 0.25) is 15.9 Å². The molecular formula is C18H18ClN3O3S2. The van der Waals surface area contributed by atoms with Crippen molar-refractivity contribution in [2.24, 2.45) is 0 Å². The second-order valence-corrected chi connectivity index (χ2v) is 8.70. The molecule has 0 atom stereocenters. The fourth-order valence-corrected chi connectivity index (χ4v) is 4.24. The highest BCUT2D eigenvalue weighted by molar-refractivity contribution is 7.99. The number of carbonyl (C=O) groups excluding carboxylic acids is 1. The number of halogens is 1. The highest BCUT2D eigenvalue weighted by atomic mass is 35.5. The van der Waals surface area contributed by atoms with E-state index in [0.29, 0.717) is 16.3 Å². The first-order valence-electron chi connectivity index (χ1n) is 7.99. The van der Waals surface area contributed by atoms with Crippen molar-refractivity contribution in [2.75, 3.05) is 18.8 Å². The van der Waals surface area contributed by atoms with Crippen molar-refractivity contribution in [2.45, 2.75) is 10.6 Å². The fraction of sp³-hybridized carbons (Fsp3) is 0.222. The number of nitriles is 1. The Hall–Kier alpha value is -2.05. The molecule has 27 heavy (non-hydrogen) atoms. The number of nitrogens with one attached hydrogen (secondary N) is 2. The second-order valence-electron chi connectivity index (χ2n) is 5.51. The molecule has 0 heterocycles. The lowest BCUT2D eigenvalue weighted by Crippen LogP contribution is -2.35. The van der Waals surface area contributed by atoms with Gasteiger partial charge in [-0.05, 0) is 35.9 Å². The molecule has 0 spiro atoms. The van der Waals surface area contributed by atoms with Crippen LogP contribution in [0.5, 0.6) is 0 Å². The molecule has 2 aromatic carbocycles. The van der Waals surface area contributed by atoms with Crippen molar-refractivity contribution in [3.05, 3.63) is 64.7 Å². The third-order valence-corrected chi connectivity index (χ3v) is 6.13. The monoisotopic (exact) mass is 423 g/mol. The Balaban J connectivity index is 1.66. The number of sulfonamides is 1. The number of thioether (sulfide) groups is 1. The quantitative estimate of drug-likeness (QED) is 0.604. The standard InChI is InChI=1S/C18H18ClN3O3S2/c19-16-2-1-3-17(10-16)27(24,25)22-9-8-21-18(23)13-26-12-15-6-4-14(11-20)5-7-15/h1-7,10,22H,8-9,12-13H2,(H,21,23). The highest BCUT2D eigenvalue weighted by Crippen LogP contribution is 2.15. The first kappa shape index (κ1) is 21.3. The van der Waals surface area contributed by atoms with Crippen molar-refractivity contribution in [1.29, 1.82) is 5.26 Å². The van der Waals surface area contributed by atoms with Crippen molar-refractivity contribution >= 4 is 39.3 Å². The van der Waals surface area contributed by atoms with E-state index in [0.717, 1.165) is 5.56 Å². The molecular weight excluding hydrogens is 406 g/mol. The van der Waals surface area contributed by atoms with Gasteiger partial charge in [-0.2, -0.15) is 5.26 Å². The summed E-state index contributed by atoms with van der Waals surface area (Å²) in [4.78, 5) is 11.9. The van der Waals surface area contributed by atoms with Crippen molar-refractivity contribution in [3.63, 3.8) is 0 Å². The number of benzene rings is 2. The van der Waals surface area contributed by atoms with Gasteiger partial charge in [0.15, 0.2) is 0 Å². The van der Waals surface area contributed by atoms with E-state index >= 15 is 0 Å². The molecule has 0 unspecified atom stereocenters. The van der Waals surface area contributed by atoms with Crippen molar-refractivity contribution in [3.8, 4) is 6.07 Å². The molecule has 142 valence electrons. The van der Waals surface area contributed by atoms with Gasteiger partial charge >= 0.3 is 0 Å². The van der Waals surface area contributed by atoms with Crippen LogP contribution in [0.25, 0.3) is 0 Å². The summed E-state index contributed by atoms with van der Waals surface area (Å²) in [5.74, 6) is 0.747. The molecule has 0 saturated heterocycles. The largest absolute Gasteiger partial charge is 0.354 e. The van der Waals surface area contributed by atoms with Crippen LogP contribution in [0.1, 0.15) is 11.1 Å². The molecule has 0 radical (unpaired) electrons. The van der Waals surface area contributed by atoms with E-state index in [1.165, 1.54) is 23.9 Å². The van der Waals surface area contributed by atoms with Crippen LogP contribution in [0.4, 0.5) is 0 Å². The molecule has 0 aliphatic heterocycles. The highest BCUT2D eigenvalue weighted by Gasteiger charge is 2.13. The summed E-state index contributed by atoms with van der Waals surface area (Å²) in [5, 5.41) is 11.8. The van der Waals surface area contributed by atoms with Gasteiger partial charge in [-0.15, -0.1) is 11.8 Å². The number of hydrogen-bond donors (Lipinski definition) is 2. The van der Waals surface area contributed by atoms with Crippen LogP contribution in [0.3, 0.4) is 0 Å². The van der Waals surface area contributed by atoms with Crippen LogP contribution in [0.15, 0.2) is 53.4 Å². The summed E-state index contributed by atoms with van der Waals surface area (Å²) in [6, 6.07) is 15.2. The van der Waals surface area contributed by atoms with E-state index in [-0.39, 0.29) is 29.6 Å². The van der Waals surface area contributed by atoms with Gasteiger partial charge < -0.3 is 5.32 Å². The molecule has 2 rings (SSSR count). The van der Waals surface area contributed by atoms with E-state index in [9.17, 15) is 13.2 Å². The Kier molecular flexibility index (Phi) is 8.13. The lowest BCUT2D eigenvalue weighted by Gasteiger charge is -2.08. The Morgan fingerprint density at radius 1 is 1.15 bits per heavy atom. The molecule has 0 saturated carbocycles. The lowest BCUT2D eigenvalue weighted by molar-refractivity contribution is -0.118. The van der Waals surface area contributed by atoms with Gasteiger partial charge in [-0.1, -0.05) is 29.8 Å². The lowest BCUT2D eigenvalue weighted by atomic mass is 10.2. The van der Waals surface area contributed by atoms with E-state index in [2.05, 4.69) is 16.1 Å². The van der Waals surface area contributed by atoms with Crippen LogP contribution in [0, 0.1) is 11.3 Å². The number of carbonyl (C=O) groups is 1. The summed E-state index contributed by atoms with van der Waals surface area (Å²) in [6.07, 6.45) is 0. The number of amides is 1. The maximum atomic E-state index is 12.1. The molecule has 2 aromatic rings. The third kappa shape index (κ3) is 7.23. The minimum absolute atomic E-state index is 0.0827. The van der Waals surface area contributed by atoms with Crippen LogP contribution >= 0.6 is 23.4 Å². The number of hydrogen-bond acceptors (Lipinski definition) is 5. The second kappa shape index (κ2) is 10.3. The van der Waals surface area contributed by atoms with Gasteiger partial charge in [-0.3, -0.25) is 4.79 Å². The maximum absolute atomic E-state index is 12.1. The minimum atomic E-state index is -3.65. The average molecular weight is 424 g/mol. The molecule has 6 nitrogen and oxygen atoms in total. The van der Waals surface area contributed by atoms with E-state index in [1.807, 2.05) is 12.1 Å². The normalized spacial score (nSPS) is 11.0. The van der Waals surface area contributed by atoms with Crippen LogP contribution < -0.4 is 10.0 Å². The minimum Gasteiger partial charge on any atom is -0.354 e. The van der Waals surface area contributed by atoms with Crippen LogP contribution in [-0.4, -0.2) is 33.2 Å². The third-order valence-electron chi connectivity index (χ3n) is 3.43. The Bertz CT molecular complexity index is 926. The molecule has 1 amide bonds. The first-order chi connectivity index (χ1) is 12.9. The van der Waals surface area contributed by atoms with E-state index < -0.39 is 10.0 Å². The topological polar surface area (TPSA) is 99.1 Å². The van der Waals surface area contributed by atoms with Crippen molar-refractivity contribution in [1.82, 2.24) is 10.0 Å². The molecule has 0 aromatic heterocycles. The Morgan fingerprint density at radius 3 is 2.56 bits per heavy atom. The zero-order chi connectivity index (χ0) is 19.7. The molecule has 0 aliphatic carbocycles. The molecule has 0 bridgehead atoms. The zero-order valence-corrected chi connectivity index (χ0v) is 16.7. The first-order valence-corrected chi connectivity index (χ1v) is 11.0. The van der Waals surface area contributed by atoms with Crippen LogP contribution in [0.2, 0.25) is 5.02 Å². The summed E-state index contributed by atoms with van der Waals surface area (Å²) >= 11 is 7.24. The Morgan fingerprint density at radius 2 is 1.89 bits per heavy atom. The van der Waals surface area contributed by atoms with Gasteiger partial charge in [0, 0.05) is 23.9 Å². The fourth-order valence-electron chi connectivity index (χ4n) is 2.09. The van der Waals surface area contributed by atoms with Gasteiger partial charge in [-0.25, -0.2) is 13.1 Å². The summed E-state index contributed by atoms with van der Waals surface area (Å²) in [5.41, 5.74) is 1.63. The maximum Gasteiger partial charge on any atom is 0.240 e.